The highest BCUT2D eigenvalue weighted by molar-refractivity contribution is 5.81. The van der Waals surface area contributed by atoms with E-state index in [0.29, 0.717) is 6.04 Å². The lowest BCUT2D eigenvalue weighted by atomic mass is 10.0. The van der Waals surface area contributed by atoms with Crippen LogP contribution in [0.2, 0.25) is 0 Å². The third kappa shape index (κ3) is 2.38. The summed E-state index contributed by atoms with van der Waals surface area (Å²) >= 11 is 0. The first-order valence-electron chi connectivity index (χ1n) is 5.59. The first-order valence-corrected chi connectivity index (χ1v) is 5.59. The predicted molar refractivity (Wildman–Crippen MR) is 58.6 cm³/mol. The van der Waals surface area contributed by atoms with Crippen molar-refractivity contribution in [3.05, 3.63) is 0 Å². The van der Waals surface area contributed by atoms with Crippen molar-refractivity contribution < 1.29 is 0 Å². The molecule has 4 heteroatoms. The highest BCUT2D eigenvalue weighted by Crippen LogP contribution is 2.08. The third-order valence-electron chi connectivity index (χ3n) is 2.92. The lowest BCUT2D eigenvalue weighted by Gasteiger charge is -2.29. The minimum atomic E-state index is 0.652. The molecule has 2 rings (SSSR count). The molecule has 0 radical (unpaired) electrons. The van der Waals surface area contributed by atoms with Crippen molar-refractivity contribution in [2.75, 3.05) is 33.2 Å². The molecule has 0 aromatic carbocycles. The van der Waals surface area contributed by atoms with E-state index in [1.165, 1.54) is 25.8 Å². The van der Waals surface area contributed by atoms with Gasteiger partial charge in [-0.3, -0.25) is 4.99 Å². The predicted octanol–water partition coefficient (Wildman–Crippen LogP) is 0.0195. The Hall–Kier alpha value is -0.770. The van der Waals surface area contributed by atoms with E-state index in [4.69, 9.17) is 0 Å². The average molecular weight is 196 g/mol. The van der Waals surface area contributed by atoms with Gasteiger partial charge in [0.05, 0.1) is 6.54 Å². The van der Waals surface area contributed by atoms with Crippen LogP contribution in [-0.4, -0.2) is 50.1 Å². The topological polar surface area (TPSA) is 39.7 Å². The molecule has 1 atom stereocenters. The Balaban J connectivity index is 1.77. The van der Waals surface area contributed by atoms with E-state index in [-0.39, 0.29) is 0 Å². The van der Waals surface area contributed by atoms with Gasteiger partial charge < -0.3 is 15.5 Å². The van der Waals surface area contributed by atoms with Crippen LogP contribution in [0, 0.1) is 0 Å². The fraction of sp³-hybridized carbons (Fsp3) is 0.900. The van der Waals surface area contributed by atoms with E-state index in [1.54, 1.807) is 0 Å². The normalized spacial score (nSPS) is 26.9. The van der Waals surface area contributed by atoms with Gasteiger partial charge in [-0.1, -0.05) is 6.42 Å². The molecule has 0 bridgehead atoms. The molecule has 2 aliphatic heterocycles. The number of likely N-dealkylation sites (N-methyl/N-ethyl adjacent to an activating group) is 1. The van der Waals surface area contributed by atoms with Gasteiger partial charge >= 0.3 is 0 Å². The fourth-order valence-electron chi connectivity index (χ4n) is 2.14. The zero-order chi connectivity index (χ0) is 9.80. The molecule has 1 saturated heterocycles. The lowest BCUT2D eigenvalue weighted by Crippen LogP contribution is -2.46. The van der Waals surface area contributed by atoms with Crippen molar-refractivity contribution in [1.29, 1.82) is 0 Å². The second-order valence-corrected chi connectivity index (χ2v) is 4.16. The van der Waals surface area contributed by atoms with Crippen LogP contribution >= 0.6 is 0 Å². The average Bonchev–Trinajstić information content (AvgIpc) is 2.72. The van der Waals surface area contributed by atoms with Crippen molar-refractivity contribution in [3.63, 3.8) is 0 Å². The van der Waals surface area contributed by atoms with Crippen molar-refractivity contribution in [1.82, 2.24) is 15.5 Å². The zero-order valence-electron chi connectivity index (χ0n) is 8.92. The van der Waals surface area contributed by atoms with E-state index >= 15 is 0 Å². The molecule has 0 spiro atoms. The van der Waals surface area contributed by atoms with Crippen LogP contribution in [0.1, 0.15) is 19.3 Å². The van der Waals surface area contributed by atoms with Crippen molar-refractivity contribution in [3.8, 4) is 0 Å². The van der Waals surface area contributed by atoms with E-state index in [0.717, 1.165) is 25.6 Å². The maximum atomic E-state index is 4.40. The molecule has 0 aliphatic carbocycles. The molecule has 2 aliphatic rings. The number of rotatable bonds is 2. The molecule has 0 aromatic rings. The van der Waals surface area contributed by atoms with Gasteiger partial charge in [-0.2, -0.15) is 0 Å². The van der Waals surface area contributed by atoms with Gasteiger partial charge in [-0.05, 0) is 19.4 Å². The second kappa shape index (κ2) is 4.64. The van der Waals surface area contributed by atoms with E-state index < -0.39 is 0 Å². The minimum Gasteiger partial charge on any atom is -0.354 e. The van der Waals surface area contributed by atoms with Gasteiger partial charge in [-0.25, -0.2) is 0 Å². The van der Waals surface area contributed by atoms with Gasteiger partial charge in [-0.15, -0.1) is 0 Å². The minimum absolute atomic E-state index is 0.652. The number of piperidine rings is 1. The molecular weight excluding hydrogens is 176 g/mol. The maximum absolute atomic E-state index is 4.40. The smallest absolute Gasteiger partial charge is 0.193 e. The number of guanidine groups is 1. The van der Waals surface area contributed by atoms with Gasteiger partial charge in [0.25, 0.3) is 0 Å². The van der Waals surface area contributed by atoms with Crippen LogP contribution in [0.4, 0.5) is 0 Å². The van der Waals surface area contributed by atoms with Crippen LogP contribution in [0.3, 0.4) is 0 Å². The Bertz CT molecular complexity index is 208. The van der Waals surface area contributed by atoms with Crippen LogP contribution < -0.4 is 10.6 Å². The lowest BCUT2D eigenvalue weighted by molar-refractivity contribution is 0.332. The molecule has 0 saturated carbocycles. The third-order valence-corrected chi connectivity index (χ3v) is 2.92. The first-order chi connectivity index (χ1) is 6.86. The van der Waals surface area contributed by atoms with Gasteiger partial charge in [0, 0.05) is 26.2 Å². The highest BCUT2D eigenvalue weighted by Gasteiger charge is 2.17. The van der Waals surface area contributed by atoms with Crippen LogP contribution in [0.25, 0.3) is 0 Å². The monoisotopic (exact) mass is 196 g/mol. The van der Waals surface area contributed by atoms with Crippen LogP contribution in [0.5, 0.6) is 0 Å². The van der Waals surface area contributed by atoms with E-state index in [9.17, 15) is 0 Å². The van der Waals surface area contributed by atoms with Gasteiger partial charge in [0.1, 0.15) is 0 Å². The standard InChI is InChI=1S/C10H20N4/c1-14(10-12-6-7-13-10)8-9-4-2-3-5-11-9/h9,11H,2-8H2,1H3,(H,12,13). The molecule has 2 heterocycles. The molecule has 14 heavy (non-hydrogen) atoms. The van der Waals surface area contributed by atoms with Crippen molar-refractivity contribution in [2.24, 2.45) is 4.99 Å². The summed E-state index contributed by atoms with van der Waals surface area (Å²) in [6.45, 7) is 4.18. The summed E-state index contributed by atoms with van der Waals surface area (Å²) in [5.74, 6) is 1.07. The Morgan fingerprint density at radius 1 is 1.43 bits per heavy atom. The Labute approximate surface area is 85.8 Å². The summed E-state index contributed by atoms with van der Waals surface area (Å²) in [6, 6.07) is 0.652. The summed E-state index contributed by atoms with van der Waals surface area (Å²) in [5, 5.41) is 6.84. The molecule has 80 valence electrons. The summed E-state index contributed by atoms with van der Waals surface area (Å²) in [4.78, 5) is 6.64. The molecule has 0 aromatic heterocycles. The number of aliphatic imine (C=N–C) groups is 1. The largest absolute Gasteiger partial charge is 0.354 e. The van der Waals surface area contributed by atoms with Crippen LogP contribution in [-0.2, 0) is 0 Å². The van der Waals surface area contributed by atoms with E-state index in [2.05, 4.69) is 27.6 Å². The summed E-state index contributed by atoms with van der Waals surface area (Å²) < 4.78 is 0. The quantitative estimate of drug-likeness (QED) is 0.654. The van der Waals surface area contributed by atoms with Crippen LogP contribution in [0.15, 0.2) is 4.99 Å². The van der Waals surface area contributed by atoms with Gasteiger partial charge in [0.2, 0.25) is 0 Å². The molecule has 1 fully saturated rings. The first kappa shape index (κ1) is 9.77. The Morgan fingerprint density at radius 3 is 3.00 bits per heavy atom. The van der Waals surface area contributed by atoms with Gasteiger partial charge in [0.15, 0.2) is 5.96 Å². The molecular formula is C10H20N4. The molecule has 0 amide bonds. The fourth-order valence-corrected chi connectivity index (χ4v) is 2.14. The molecule has 2 N–H and O–H groups in total. The molecule has 1 unspecified atom stereocenters. The summed E-state index contributed by atoms with van der Waals surface area (Å²) in [5.41, 5.74) is 0. The number of nitrogens with one attached hydrogen (secondary N) is 2. The van der Waals surface area contributed by atoms with Crippen molar-refractivity contribution >= 4 is 5.96 Å². The summed E-state index contributed by atoms with van der Waals surface area (Å²) in [6.07, 6.45) is 4.00. The zero-order valence-corrected chi connectivity index (χ0v) is 8.92. The second-order valence-electron chi connectivity index (χ2n) is 4.16. The summed E-state index contributed by atoms with van der Waals surface area (Å²) in [7, 11) is 2.12. The van der Waals surface area contributed by atoms with E-state index in [1.807, 2.05) is 0 Å². The Morgan fingerprint density at radius 2 is 2.36 bits per heavy atom. The number of nitrogens with zero attached hydrogens (tertiary/aromatic N) is 2. The highest BCUT2D eigenvalue weighted by atomic mass is 15.3. The van der Waals surface area contributed by atoms with Crippen molar-refractivity contribution in [2.45, 2.75) is 25.3 Å². The molecule has 4 nitrogen and oxygen atoms in total. The maximum Gasteiger partial charge on any atom is 0.193 e. The number of hydrogen-bond acceptors (Lipinski definition) is 4. The number of hydrogen-bond donors (Lipinski definition) is 2. The SMILES string of the molecule is CN(CC1CCCCN1)C1=NCCN1. The Kier molecular flexibility index (Phi) is 3.24.